The van der Waals surface area contributed by atoms with Crippen molar-refractivity contribution in [3.8, 4) is 0 Å². The molecule has 0 aliphatic carbocycles. The van der Waals surface area contributed by atoms with Gasteiger partial charge in [-0.3, -0.25) is 4.99 Å². The number of carbonyl (C=O) groups excluding carboxylic acids is 1. The number of aliphatic imine (C=N–C) groups is 1. The van der Waals surface area contributed by atoms with Crippen LogP contribution in [0.5, 0.6) is 0 Å². The molecule has 0 saturated carbocycles. The minimum absolute atomic E-state index is 0.389. The van der Waals surface area contributed by atoms with Crippen molar-refractivity contribution < 1.29 is 18.7 Å². The van der Waals surface area contributed by atoms with Crippen LogP contribution < -0.4 is 5.32 Å². The van der Waals surface area contributed by atoms with E-state index < -0.39 is 0 Å². The summed E-state index contributed by atoms with van der Waals surface area (Å²) in [5, 5.41) is 3.25. The van der Waals surface area contributed by atoms with Gasteiger partial charge in [0.05, 0.1) is 20.3 Å². The SMILES string of the molecule is CN=C(NCc1cc(C(=O)OC)c(C)o1)N(C)CC1CCOC1. The fraction of sp³-hybridized carbons (Fsp3) is 0.625. The molecule has 1 unspecified atom stereocenters. The highest BCUT2D eigenvalue weighted by Gasteiger charge is 2.20. The number of furan rings is 1. The third-order valence-electron chi connectivity index (χ3n) is 3.92. The Hall–Kier alpha value is -2.02. The van der Waals surface area contributed by atoms with Gasteiger partial charge in [-0.05, 0) is 19.4 Å². The van der Waals surface area contributed by atoms with Gasteiger partial charge in [0.25, 0.3) is 0 Å². The van der Waals surface area contributed by atoms with E-state index in [9.17, 15) is 4.79 Å². The molecule has 2 heterocycles. The summed E-state index contributed by atoms with van der Waals surface area (Å²) >= 11 is 0. The highest BCUT2D eigenvalue weighted by Crippen LogP contribution is 2.16. The minimum Gasteiger partial charge on any atom is -0.465 e. The third kappa shape index (κ3) is 4.48. The quantitative estimate of drug-likeness (QED) is 0.502. The van der Waals surface area contributed by atoms with Crippen molar-refractivity contribution in [2.45, 2.75) is 19.9 Å². The van der Waals surface area contributed by atoms with E-state index in [-0.39, 0.29) is 5.97 Å². The number of nitrogens with zero attached hydrogens (tertiary/aromatic N) is 2. The van der Waals surface area contributed by atoms with E-state index in [4.69, 9.17) is 13.9 Å². The maximum Gasteiger partial charge on any atom is 0.341 e. The number of rotatable bonds is 5. The molecule has 1 aromatic heterocycles. The molecule has 1 aliphatic heterocycles. The van der Waals surface area contributed by atoms with Crippen LogP contribution in [-0.4, -0.2) is 57.8 Å². The Labute approximate surface area is 136 Å². The van der Waals surface area contributed by atoms with Gasteiger partial charge in [0.2, 0.25) is 0 Å². The van der Waals surface area contributed by atoms with E-state index in [0.717, 1.165) is 32.1 Å². The predicted octanol–water partition coefficient (Wildman–Crippen LogP) is 1.42. The first-order chi connectivity index (χ1) is 11.0. The minimum atomic E-state index is -0.389. The number of hydrogen-bond donors (Lipinski definition) is 1. The van der Waals surface area contributed by atoms with E-state index in [1.807, 2.05) is 7.05 Å². The van der Waals surface area contributed by atoms with Crippen molar-refractivity contribution in [1.82, 2.24) is 10.2 Å². The van der Waals surface area contributed by atoms with E-state index in [0.29, 0.717) is 29.5 Å². The smallest absolute Gasteiger partial charge is 0.341 e. The molecular formula is C16H25N3O4. The van der Waals surface area contributed by atoms with Crippen molar-refractivity contribution in [3.63, 3.8) is 0 Å². The van der Waals surface area contributed by atoms with Gasteiger partial charge in [-0.2, -0.15) is 0 Å². The largest absolute Gasteiger partial charge is 0.465 e. The second-order valence-electron chi connectivity index (χ2n) is 5.69. The zero-order chi connectivity index (χ0) is 16.8. The molecule has 128 valence electrons. The number of aryl methyl sites for hydroxylation is 1. The fourth-order valence-corrected chi connectivity index (χ4v) is 2.70. The van der Waals surface area contributed by atoms with Gasteiger partial charge in [0, 0.05) is 33.2 Å². The lowest BCUT2D eigenvalue weighted by Crippen LogP contribution is -2.41. The monoisotopic (exact) mass is 323 g/mol. The summed E-state index contributed by atoms with van der Waals surface area (Å²) in [6, 6.07) is 1.70. The van der Waals surface area contributed by atoms with Gasteiger partial charge < -0.3 is 24.1 Å². The molecule has 1 aromatic rings. The average molecular weight is 323 g/mol. The molecule has 7 nitrogen and oxygen atoms in total. The first kappa shape index (κ1) is 17.3. The summed E-state index contributed by atoms with van der Waals surface area (Å²) < 4.78 is 15.7. The molecule has 0 bridgehead atoms. The molecule has 1 saturated heterocycles. The highest BCUT2D eigenvalue weighted by atomic mass is 16.5. The van der Waals surface area contributed by atoms with E-state index >= 15 is 0 Å². The number of methoxy groups -OCH3 is 1. The molecule has 0 radical (unpaired) electrons. The molecule has 0 aromatic carbocycles. The Kier molecular flexibility index (Phi) is 6.04. The number of esters is 1. The zero-order valence-corrected chi connectivity index (χ0v) is 14.2. The van der Waals surface area contributed by atoms with Crippen LogP contribution in [0.3, 0.4) is 0 Å². The van der Waals surface area contributed by atoms with Gasteiger partial charge in [-0.25, -0.2) is 4.79 Å². The first-order valence-corrected chi connectivity index (χ1v) is 7.72. The van der Waals surface area contributed by atoms with E-state index in [2.05, 4.69) is 15.2 Å². The molecular weight excluding hydrogens is 298 g/mol. The fourth-order valence-electron chi connectivity index (χ4n) is 2.70. The number of ether oxygens (including phenoxy) is 2. The topological polar surface area (TPSA) is 76.3 Å². The Bertz CT molecular complexity index is 562. The molecule has 1 N–H and O–H groups in total. The summed E-state index contributed by atoms with van der Waals surface area (Å²) in [4.78, 5) is 18.0. The van der Waals surface area contributed by atoms with Crippen molar-refractivity contribution in [3.05, 3.63) is 23.2 Å². The Morgan fingerprint density at radius 3 is 2.96 bits per heavy atom. The van der Waals surface area contributed by atoms with Crippen LogP contribution in [0.15, 0.2) is 15.5 Å². The van der Waals surface area contributed by atoms with Crippen molar-refractivity contribution in [2.75, 3.05) is 41.0 Å². The van der Waals surface area contributed by atoms with Gasteiger partial charge >= 0.3 is 5.97 Å². The summed E-state index contributed by atoms with van der Waals surface area (Å²) in [5.41, 5.74) is 0.454. The normalized spacial score (nSPS) is 18.1. The lowest BCUT2D eigenvalue weighted by molar-refractivity contribution is 0.0599. The van der Waals surface area contributed by atoms with E-state index in [1.54, 1.807) is 20.0 Å². The number of nitrogens with one attached hydrogen (secondary N) is 1. The number of carbonyl (C=O) groups is 1. The Balaban J connectivity index is 1.91. The molecule has 23 heavy (non-hydrogen) atoms. The number of guanidine groups is 1. The van der Waals surface area contributed by atoms with Crippen LogP contribution in [0.2, 0.25) is 0 Å². The second kappa shape index (κ2) is 8.01. The lowest BCUT2D eigenvalue weighted by atomic mass is 10.1. The summed E-state index contributed by atoms with van der Waals surface area (Å²) in [6.45, 7) is 4.74. The highest BCUT2D eigenvalue weighted by molar-refractivity contribution is 5.90. The van der Waals surface area contributed by atoms with Crippen molar-refractivity contribution in [1.29, 1.82) is 0 Å². The maximum atomic E-state index is 11.6. The molecule has 7 heteroatoms. The van der Waals surface area contributed by atoms with Gasteiger partial charge in [0.1, 0.15) is 17.1 Å². The lowest BCUT2D eigenvalue weighted by Gasteiger charge is -2.24. The van der Waals surface area contributed by atoms with Crippen molar-refractivity contribution in [2.24, 2.45) is 10.9 Å². The van der Waals surface area contributed by atoms with Crippen LogP contribution in [0.25, 0.3) is 0 Å². The average Bonchev–Trinajstić information content (AvgIpc) is 3.16. The summed E-state index contributed by atoms with van der Waals surface area (Å²) in [5.74, 6) is 2.16. The van der Waals surface area contributed by atoms with Gasteiger partial charge in [0.15, 0.2) is 5.96 Å². The second-order valence-corrected chi connectivity index (χ2v) is 5.69. The molecule has 2 rings (SSSR count). The van der Waals surface area contributed by atoms with Crippen LogP contribution in [0, 0.1) is 12.8 Å². The maximum absolute atomic E-state index is 11.6. The van der Waals surface area contributed by atoms with Crippen molar-refractivity contribution >= 4 is 11.9 Å². The van der Waals surface area contributed by atoms with Crippen LogP contribution in [0.4, 0.5) is 0 Å². The standard InChI is InChI=1S/C16H25N3O4/c1-11-14(15(20)21-4)7-13(23-11)8-18-16(17-2)19(3)9-12-5-6-22-10-12/h7,12H,5-6,8-10H2,1-4H3,(H,17,18). The predicted molar refractivity (Wildman–Crippen MR) is 86.5 cm³/mol. The Morgan fingerprint density at radius 2 is 2.35 bits per heavy atom. The van der Waals surface area contributed by atoms with Crippen LogP contribution in [0.1, 0.15) is 28.3 Å². The third-order valence-corrected chi connectivity index (χ3v) is 3.92. The zero-order valence-electron chi connectivity index (χ0n) is 14.2. The van der Waals surface area contributed by atoms with Gasteiger partial charge in [-0.15, -0.1) is 0 Å². The molecule has 0 amide bonds. The molecule has 1 aliphatic rings. The number of hydrogen-bond acceptors (Lipinski definition) is 5. The van der Waals surface area contributed by atoms with Crippen LogP contribution in [-0.2, 0) is 16.0 Å². The molecule has 0 spiro atoms. The molecule has 1 fully saturated rings. The van der Waals surface area contributed by atoms with E-state index in [1.165, 1.54) is 7.11 Å². The Morgan fingerprint density at radius 1 is 1.57 bits per heavy atom. The van der Waals surface area contributed by atoms with Crippen LogP contribution >= 0.6 is 0 Å². The summed E-state index contributed by atoms with van der Waals surface area (Å²) in [6.07, 6.45) is 1.08. The summed E-state index contributed by atoms with van der Waals surface area (Å²) in [7, 11) is 5.11. The van der Waals surface area contributed by atoms with Gasteiger partial charge in [-0.1, -0.05) is 0 Å². The molecule has 1 atom stereocenters. The first-order valence-electron chi connectivity index (χ1n) is 7.72.